The fraction of sp³-hybridized carbons (Fsp3) is 0.333. The van der Waals surface area contributed by atoms with Gasteiger partial charge in [0.2, 0.25) is 0 Å². The zero-order valence-electron chi connectivity index (χ0n) is 13.5. The van der Waals surface area contributed by atoms with Crippen molar-refractivity contribution in [3.05, 3.63) is 42.7 Å². The van der Waals surface area contributed by atoms with Crippen LogP contribution in [0, 0.1) is 5.92 Å². The molecule has 124 valence electrons. The highest BCUT2D eigenvalue weighted by atomic mass is 32.1. The van der Waals surface area contributed by atoms with Crippen LogP contribution in [0.2, 0.25) is 0 Å². The first-order valence-corrected chi connectivity index (χ1v) is 8.86. The molecule has 1 aromatic carbocycles. The van der Waals surface area contributed by atoms with Crippen molar-refractivity contribution in [2.24, 2.45) is 5.92 Å². The van der Waals surface area contributed by atoms with Gasteiger partial charge in [0.25, 0.3) is 0 Å². The van der Waals surface area contributed by atoms with Crippen LogP contribution in [0.4, 0.5) is 5.13 Å². The molecule has 6 heteroatoms. The molecule has 0 saturated carbocycles. The van der Waals surface area contributed by atoms with E-state index in [0.29, 0.717) is 5.92 Å². The maximum atomic E-state index is 5.86. The molecule has 1 saturated heterocycles. The summed E-state index contributed by atoms with van der Waals surface area (Å²) in [5, 5.41) is 1.09. The Morgan fingerprint density at radius 3 is 2.92 bits per heavy atom. The first kappa shape index (κ1) is 15.2. The second-order valence-corrected chi connectivity index (χ2v) is 6.93. The number of ether oxygens (including phenoxy) is 2. The first-order valence-electron chi connectivity index (χ1n) is 8.04. The molecule has 4 rings (SSSR count). The van der Waals surface area contributed by atoms with Crippen molar-refractivity contribution < 1.29 is 9.47 Å². The molecule has 0 N–H and O–H groups in total. The second-order valence-electron chi connectivity index (χ2n) is 5.92. The fourth-order valence-electron chi connectivity index (χ4n) is 2.95. The topological polar surface area (TPSA) is 47.5 Å². The Morgan fingerprint density at radius 2 is 2.08 bits per heavy atom. The lowest BCUT2D eigenvalue weighted by atomic mass is 10.1. The van der Waals surface area contributed by atoms with Gasteiger partial charge in [-0.05, 0) is 36.8 Å². The number of fused-ring (bicyclic) bond motifs is 1. The number of anilines is 1. The normalized spacial score (nSPS) is 17.4. The Hall–Kier alpha value is -2.34. The van der Waals surface area contributed by atoms with Crippen LogP contribution in [0.25, 0.3) is 10.2 Å². The molecular formula is C18H19N3O2S. The van der Waals surface area contributed by atoms with E-state index in [1.54, 1.807) is 30.8 Å². The van der Waals surface area contributed by atoms with Crippen LogP contribution in [0.5, 0.6) is 11.5 Å². The van der Waals surface area contributed by atoms with Crippen LogP contribution in [0.15, 0.2) is 42.7 Å². The van der Waals surface area contributed by atoms with Gasteiger partial charge >= 0.3 is 0 Å². The van der Waals surface area contributed by atoms with E-state index in [-0.39, 0.29) is 0 Å². The molecule has 0 aliphatic carbocycles. The Balaban J connectivity index is 1.41. The Labute approximate surface area is 144 Å². The predicted octanol–water partition coefficient (Wildman–Crippen LogP) is 3.61. The summed E-state index contributed by atoms with van der Waals surface area (Å²) in [6.07, 6.45) is 4.64. The molecule has 0 amide bonds. The van der Waals surface area contributed by atoms with Gasteiger partial charge in [0.05, 0.1) is 23.9 Å². The van der Waals surface area contributed by atoms with Crippen LogP contribution in [0.1, 0.15) is 6.42 Å². The highest BCUT2D eigenvalue weighted by Gasteiger charge is 2.25. The number of pyridine rings is 1. The highest BCUT2D eigenvalue weighted by Crippen LogP contribution is 2.34. The van der Waals surface area contributed by atoms with Gasteiger partial charge in [-0.15, -0.1) is 0 Å². The molecule has 0 spiro atoms. The van der Waals surface area contributed by atoms with Gasteiger partial charge < -0.3 is 14.4 Å². The molecule has 1 fully saturated rings. The van der Waals surface area contributed by atoms with Gasteiger partial charge in [-0.2, -0.15) is 0 Å². The van der Waals surface area contributed by atoms with Crippen molar-refractivity contribution in [3.8, 4) is 11.5 Å². The molecule has 1 unspecified atom stereocenters. The lowest BCUT2D eigenvalue weighted by Gasteiger charge is -2.15. The molecular weight excluding hydrogens is 322 g/mol. The van der Waals surface area contributed by atoms with E-state index in [1.165, 1.54) is 4.70 Å². The van der Waals surface area contributed by atoms with E-state index in [9.17, 15) is 0 Å². The van der Waals surface area contributed by atoms with Crippen molar-refractivity contribution >= 4 is 26.7 Å². The second kappa shape index (κ2) is 6.65. The molecule has 24 heavy (non-hydrogen) atoms. The van der Waals surface area contributed by atoms with Gasteiger partial charge in [0.1, 0.15) is 11.5 Å². The standard InChI is InChI=1S/C18H19N3O2S/c1-22-15-2-3-16-17(10-15)24-18(20-16)21-9-6-13(11-21)12-23-14-4-7-19-8-5-14/h2-5,7-8,10,13H,6,9,11-12H2,1H3. The summed E-state index contributed by atoms with van der Waals surface area (Å²) < 4.78 is 12.3. The van der Waals surface area contributed by atoms with Crippen LogP contribution < -0.4 is 14.4 Å². The van der Waals surface area contributed by atoms with Crippen molar-refractivity contribution in [2.75, 3.05) is 31.7 Å². The van der Waals surface area contributed by atoms with Crippen LogP contribution in [0.3, 0.4) is 0 Å². The smallest absolute Gasteiger partial charge is 0.186 e. The maximum absolute atomic E-state index is 5.86. The monoisotopic (exact) mass is 341 g/mol. The van der Waals surface area contributed by atoms with Crippen molar-refractivity contribution in [1.82, 2.24) is 9.97 Å². The third-order valence-corrected chi connectivity index (χ3v) is 5.36. The van der Waals surface area contributed by atoms with Crippen LogP contribution in [-0.4, -0.2) is 36.8 Å². The maximum Gasteiger partial charge on any atom is 0.186 e. The third kappa shape index (κ3) is 3.14. The summed E-state index contributed by atoms with van der Waals surface area (Å²) in [5.74, 6) is 2.29. The fourth-order valence-corrected chi connectivity index (χ4v) is 3.97. The Bertz CT molecular complexity index is 822. The molecule has 3 heterocycles. The van der Waals surface area contributed by atoms with Crippen molar-refractivity contribution in [1.29, 1.82) is 0 Å². The largest absolute Gasteiger partial charge is 0.497 e. The number of nitrogens with zero attached hydrogens (tertiary/aromatic N) is 3. The number of benzene rings is 1. The van der Waals surface area contributed by atoms with Gasteiger partial charge in [-0.3, -0.25) is 4.98 Å². The number of hydrogen-bond acceptors (Lipinski definition) is 6. The first-order chi connectivity index (χ1) is 11.8. The quantitative estimate of drug-likeness (QED) is 0.709. The third-order valence-electron chi connectivity index (χ3n) is 4.28. The van der Waals surface area contributed by atoms with Crippen molar-refractivity contribution in [2.45, 2.75) is 6.42 Å². The minimum absolute atomic E-state index is 0.528. The molecule has 0 bridgehead atoms. The van der Waals surface area contributed by atoms with Crippen LogP contribution in [-0.2, 0) is 0 Å². The minimum Gasteiger partial charge on any atom is -0.497 e. The van der Waals surface area contributed by atoms with E-state index in [1.807, 2.05) is 24.3 Å². The molecule has 3 aromatic rings. The molecule has 1 aliphatic rings. The summed E-state index contributed by atoms with van der Waals surface area (Å²) in [7, 11) is 1.69. The van der Waals surface area contributed by atoms with Gasteiger partial charge in [-0.25, -0.2) is 4.98 Å². The average Bonchev–Trinajstić information content (AvgIpc) is 3.26. The number of rotatable bonds is 5. The zero-order valence-corrected chi connectivity index (χ0v) is 14.3. The van der Waals surface area contributed by atoms with Gasteiger partial charge in [-0.1, -0.05) is 11.3 Å². The summed E-state index contributed by atoms with van der Waals surface area (Å²) >= 11 is 1.73. The molecule has 5 nitrogen and oxygen atoms in total. The van der Waals surface area contributed by atoms with E-state index in [2.05, 4.69) is 16.0 Å². The lowest BCUT2D eigenvalue weighted by molar-refractivity contribution is 0.261. The van der Waals surface area contributed by atoms with E-state index in [0.717, 1.165) is 48.3 Å². The zero-order chi connectivity index (χ0) is 16.4. The highest BCUT2D eigenvalue weighted by molar-refractivity contribution is 7.22. The Morgan fingerprint density at radius 1 is 1.21 bits per heavy atom. The summed E-state index contributed by atoms with van der Waals surface area (Å²) in [6.45, 7) is 2.75. The van der Waals surface area contributed by atoms with Gasteiger partial charge in [0.15, 0.2) is 5.13 Å². The molecule has 2 aromatic heterocycles. The van der Waals surface area contributed by atoms with E-state index < -0.39 is 0 Å². The van der Waals surface area contributed by atoms with Crippen molar-refractivity contribution in [3.63, 3.8) is 0 Å². The summed E-state index contributed by atoms with van der Waals surface area (Å²) in [6, 6.07) is 9.83. The number of thiazole rings is 1. The SMILES string of the molecule is COc1ccc2nc(N3CCC(COc4ccncc4)C3)sc2c1. The predicted molar refractivity (Wildman–Crippen MR) is 96.2 cm³/mol. The average molecular weight is 341 g/mol. The lowest BCUT2D eigenvalue weighted by Crippen LogP contribution is -2.21. The summed E-state index contributed by atoms with van der Waals surface area (Å²) in [4.78, 5) is 11.1. The van der Waals surface area contributed by atoms with Crippen LogP contribution >= 0.6 is 11.3 Å². The minimum atomic E-state index is 0.528. The summed E-state index contributed by atoms with van der Waals surface area (Å²) in [5.41, 5.74) is 1.03. The number of aromatic nitrogens is 2. The molecule has 0 radical (unpaired) electrons. The van der Waals surface area contributed by atoms with E-state index >= 15 is 0 Å². The van der Waals surface area contributed by atoms with E-state index in [4.69, 9.17) is 14.5 Å². The number of hydrogen-bond donors (Lipinski definition) is 0. The molecule has 1 atom stereocenters. The number of methoxy groups -OCH3 is 1. The molecule has 1 aliphatic heterocycles. The Kier molecular flexibility index (Phi) is 4.21. The van der Waals surface area contributed by atoms with Gasteiger partial charge in [0, 0.05) is 31.4 Å².